The summed E-state index contributed by atoms with van der Waals surface area (Å²) in [5.41, 5.74) is 0. The topological polar surface area (TPSA) is 80.5 Å². The van der Waals surface area contributed by atoms with E-state index in [0.717, 1.165) is 53.2 Å². The SMILES string of the molecule is COc1cccc(Sc2ccc(N3CCC(C(=O)NCc4ccco4)CC3)nn2)c1. The molecule has 1 N–H and O–H groups in total. The maximum atomic E-state index is 12.4. The largest absolute Gasteiger partial charge is 0.497 e. The van der Waals surface area contributed by atoms with Crippen LogP contribution < -0.4 is 15.0 Å². The molecule has 0 spiro atoms. The molecule has 0 aliphatic carbocycles. The Balaban J connectivity index is 1.27. The molecule has 0 radical (unpaired) electrons. The van der Waals surface area contributed by atoms with E-state index in [1.54, 1.807) is 25.1 Å². The minimum atomic E-state index is 0.0204. The highest BCUT2D eigenvalue weighted by atomic mass is 32.2. The Bertz CT molecular complexity index is 955. The number of hydrogen-bond donors (Lipinski definition) is 1. The van der Waals surface area contributed by atoms with Gasteiger partial charge in [-0.1, -0.05) is 17.8 Å². The maximum absolute atomic E-state index is 12.4. The van der Waals surface area contributed by atoms with Crippen LogP contribution in [0.3, 0.4) is 0 Å². The summed E-state index contributed by atoms with van der Waals surface area (Å²) in [4.78, 5) is 15.6. The van der Waals surface area contributed by atoms with E-state index in [-0.39, 0.29) is 11.8 Å². The number of hydrogen-bond acceptors (Lipinski definition) is 7. The molecular weight excluding hydrogens is 400 g/mol. The van der Waals surface area contributed by atoms with Crippen molar-refractivity contribution in [3.05, 3.63) is 60.6 Å². The fourth-order valence-electron chi connectivity index (χ4n) is 3.42. The second-order valence-corrected chi connectivity index (χ2v) is 8.16. The minimum Gasteiger partial charge on any atom is -0.497 e. The minimum absolute atomic E-state index is 0.0204. The number of piperidine rings is 1. The van der Waals surface area contributed by atoms with Gasteiger partial charge in [0.05, 0.1) is 19.9 Å². The van der Waals surface area contributed by atoms with Crippen molar-refractivity contribution < 1.29 is 13.9 Å². The van der Waals surface area contributed by atoms with Crippen LogP contribution in [0.5, 0.6) is 5.75 Å². The van der Waals surface area contributed by atoms with E-state index in [9.17, 15) is 4.79 Å². The fourth-order valence-corrected chi connectivity index (χ4v) is 4.20. The summed E-state index contributed by atoms with van der Waals surface area (Å²) >= 11 is 1.55. The Morgan fingerprint density at radius 1 is 1.20 bits per heavy atom. The molecule has 7 nitrogen and oxygen atoms in total. The number of furan rings is 1. The van der Waals surface area contributed by atoms with Gasteiger partial charge in [0.15, 0.2) is 5.82 Å². The lowest BCUT2D eigenvalue weighted by molar-refractivity contribution is -0.125. The summed E-state index contributed by atoms with van der Waals surface area (Å²) in [5.74, 6) is 2.54. The van der Waals surface area contributed by atoms with Crippen molar-refractivity contribution in [1.82, 2.24) is 15.5 Å². The normalized spacial score (nSPS) is 14.5. The average Bonchev–Trinajstić information content (AvgIpc) is 3.32. The maximum Gasteiger partial charge on any atom is 0.223 e. The molecule has 0 atom stereocenters. The lowest BCUT2D eigenvalue weighted by atomic mass is 9.96. The summed E-state index contributed by atoms with van der Waals surface area (Å²) < 4.78 is 10.5. The number of aromatic nitrogens is 2. The fraction of sp³-hybridized carbons (Fsp3) is 0.318. The lowest BCUT2D eigenvalue weighted by Crippen LogP contribution is -2.40. The molecule has 30 heavy (non-hydrogen) atoms. The van der Waals surface area contributed by atoms with E-state index in [1.165, 1.54) is 0 Å². The molecule has 1 aliphatic rings. The zero-order chi connectivity index (χ0) is 20.8. The molecular formula is C22H24N4O3S. The summed E-state index contributed by atoms with van der Waals surface area (Å²) in [5, 5.41) is 12.5. The zero-order valence-corrected chi connectivity index (χ0v) is 17.6. The van der Waals surface area contributed by atoms with Gasteiger partial charge in [-0.25, -0.2) is 0 Å². The van der Waals surface area contributed by atoms with Crippen LogP contribution in [0.25, 0.3) is 0 Å². The second-order valence-electron chi connectivity index (χ2n) is 7.07. The number of amides is 1. The number of nitrogens with zero attached hydrogens (tertiary/aromatic N) is 3. The molecule has 2 aromatic heterocycles. The third kappa shape index (κ3) is 5.13. The predicted molar refractivity (Wildman–Crippen MR) is 115 cm³/mol. The molecule has 3 aromatic rings. The van der Waals surface area contributed by atoms with Crippen molar-refractivity contribution in [2.75, 3.05) is 25.1 Å². The van der Waals surface area contributed by atoms with Crippen LogP contribution in [-0.4, -0.2) is 36.3 Å². The van der Waals surface area contributed by atoms with Crippen molar-refractivity contribution in [1.29, 1.82) is 0 Å². The quantitative estimate of drug-likeness (QED) is 0.618. The van der Waals surface area contributed by atoms with Crippen LogP contribution in [0.4, 0.5) is 5.82 Å². The zero-order valence-electron chi connectivity index (χ0n) is 16.8. The van der Waals surface area contributed by atoms with Gasteiger partial charge in [0, 0.05) is 23.9 Å². The number of methoxy groups -OCH3 is 1. The van der Waals surface area contributed by atoms with Gasteiger partial charge in [0.2, 0.25) is 5.91 Å². The molecule has 3 heterocycles. The number of carbonyl (C=O) groups excluding carboxylic acids is 1. The monoisotopic (exact) mass is 424 g/mol. The van der Waals surface area contributed by atoms with Crippen LogP contribution in [0, 0.1) is 5.92 Å². The highest BCUT2D eigenvalue weighted by Crippen LogP contribution is 2.29. The molecule has 8 heteroatoms. The number of rotatable bonds is 7. The lowest BCUT2D eigenvalue weighted by Gasteiger charge is -2.31. The van der Waals surface area contributed by atoms with E-state index in [4.69, 9.17) is 9.15 Å². The van der Waals surface area contributed by atoms with Gasteiger partial charge in [0.25, 0.3) is 0 Å². The predicted octanol–water partition coefficient (Wildman–Crippen LogP) is 3.76. The second kappa shape index (κ2) is 9.67. The summed E-state index contributed by atoms with van der Waals surface area (Å²) in [6.45, 7) is 2.01. The molecule has 156 valence electrons. The van der Waals surface area contributed by atoms with Gasteiger partial charge in [-0.15, -0.1) is 10.2 Å². The van der Waals surface area contributed by atoms with Crippen LogP contribution in [0.1, 0.15) is 18.6 Å². The highest BCUT2D eigenvalue weighted by molar-refractivity contribution is 7.99. The Labute approximate surface area is 179 Å². The number of benzene rings is 1. The third-order valence-electron chi connectivity index (χ3n) is 5.10. The molecule has 4 rings (SSSR count). The number of ether oxygens (including phenoxy) is 1. The smallest absolute Gasteiger partial charge is 0.223 e. The van der Waals surface area contributed by atoms with E-state index >= 15 is 0 Å². The first-order valence-corrected chi connectivity index (χ1v) is 10.7. The van der Waals surface area contributed by atoms with Crippen LogP contribution in [-0.2, 0) is 11.3 Å². The molecule has 1 fully saturated rings. The van der Waals surface area contributed by atoms with Gasteiger partial charge in [-0.05, 0) is 55.3 Å². The van der Waals surface area contributed by atoms with Crippen molar-refractivity contribution >= 4 is 23.5 Å². The molecule has 1 saturated heterocycles. The van der Waals surface area contributed by atoms with Crippen molar-refractivity contribution in [2.24, 2.45) is 5.92 Å². The highest BCUT2D eigenvalue weighted by Gasteiger charge is 2.25. The molecule has 0 unspecified atom stereocenters. The number of nitrogens with one attached hydrogen (secondary N) is 1. The van der Waals surface area contributed by atoms with Crippen LogP contribution in [0.15, 0.2) is 69.1 Å². The van der Waals surface area contributed by atoms with Gasteiger partial charge in [0.1, 0.15) is 16.5 Å². The van der Waals surface area contributed by atoms with Crippen molar-refractivity contribution in [3.63, 3.8) is 0 Å². The Morgan fingerprint density at radius 2 is 2.07 bits per heavy atom. The summed E-state index contributed by atoms with van der Waals surface area (Å²) in [6.07, 6.45) is 3.21. The number of carbonyl (C=O) groups is 1. The summed E-state index contributed by atoms with van der Waals surface area (Å²) in [6, 6.07) is 15.5. The van der Waals surface area contributed by atoms with E-state index < -0.39 is 0 Å². The molecule has 1 amide bonds. The van der Waals surface area contributed by atoms with E-state index in [1.807, 2.05) is 48.5 Å². The van der Waals surface area contributed by atoms with E-state index in [0.29, 0.717) is 6.54 Å². The first kappa shape index (κ1) is 20.3. The molecule has 1 aromatic carbocycles. The van der Waals surface area contributed by atoms with Crippen LogP contribution in [0.2, 0.25) is 0 Å². The van der Waals surface area contributed by atoms with Gasteiger partial charge >= 0.3 is 0 Å². The van der Waals surface area contributed by atoms with E-state index in [2.05, 4.69) is 20.4 Å². The molecule has 0 saturated carbocycles. The Kier molecular flexibility index (Phi) is 6.53. The molecule has 1 aliphatic heterocycles. The van der Waals surface area contributed by atoms with Gasteiger partial charge in [-0.3, -0.25) is 4.79 Å². The first-order valence-electron chi connectivity index (χ1n) is 9.92. The average molecular weight is 425 g/mol. The standard InChI is InChI=1S/C22H24N4O3S/c1-28-17-4-2-6-19(14-17)30-21-8-7-20(24-25-21)26-11-9-16(10-12-26)22(27)23-15-18-5-3-13-29-18/h2-8,13-14,16H,9-12,15H2,1H3,(H,23,27). The van der Waals surface area contributed by atoms with Crippen molar-refractivity contribution in [3.8, 4) is 5.75 Å². The third-order valence-corrected chi connectivity index (χ3v) is 6.01. The first-order chi connectivity index (χ1) is 14.7. The van der Waals surface area contributed by atoms with Gasteiger partial charge in [-0.2, -0.15) is 0 Å². The van der Waals surface area contributed by atoms with Gasteiger partial charge < -0.3 is 19.4 Å². The van der Waals surface area contributed by atoms with Crippen LogP contribution >= 0.6 is 11.8 Å². The summed E-state index contributed by atoms with van der Waals surface area (Å²) in [7, 11) is 1.66. The van der Waals surface area contributed by atoms with Crippen molar-refractivity contribution in [2.45, 2.75) is 29.3 Å². The Morgan fingerprint density at radius 3 is 2.77 bits per heavy atom. The number of anilines is 1. The molecule has 0 bridgehead atoms. The Hall–Kier alpha value is -3.00.